The number of carbonyl (C=O) groups excluding carboxylic acids is 2. The largest absolute Gasteiger partial charge is 0.494 e. The Morgan fingerprint density at radius 3 is 2.29 bits per heavy atom. The van der Waals surface area contributed by atoms with Crippen molar-refractivity contribution in [1.82, 2.24) is 19.4 Å². The van der Waals surface area contributed by atoms with E-state index in [1.807, 2.05) is 23.1 Å². The number of hydrogen-bond acceptors (Lipinski definition) is 9. The van der Waals surface area contributed by atoms with Crippen LogP contribution in [0, 0.1) is 30.1 Å². The highest BCUT2D eigenvalue weighted by atomic mass is 19.4. The van der Waals surface area contributed by atoms with E-state index in [0.717, 1.165) is 40.1 Å². The fourth-order valence-corrected chi connectivity index (χ4v) is 10.0. The molecule has 12 nitrogen and oxygen atoms in total. The van der Waals surface area contributed by atoms with Crippen molar-refractivity contribution in [3.63, 3.8) is 0 Å². The first-order valence-corrected chi connectivity index (χ1v) is 18.9. The quantitative estimate of drug-likeness (QED) is 0.187. The molecule has 5 aliphatic rings. The Kier molecular flexibility index (Phi) is 9.46. The number of nitrogens with two attached hydrogens (primary N) is 1. The van der Waals surface area contributed by atoms with Gasteiger partial charge in [0.2, 0.25) is 17.8 Å². The smallest absolute Gasteiger partial charge is 0.416 e. The highest BCUT2D eigenvalue weighted by molar-refractivity contribution is 5.92. The molecule has 2 aromatic carbocycles. The minimum atomic E-state index is -4.77. The molecule has 1 aliphatic heterocycles. The van der Waals surface area contributed by atoms with E-state index in [1.54, 1.807) is 14.0 Å². The van der Waals surface area contributed by atoms with E-state index in [1.165, 1.54) is 56.9 Å². The molecule has 0 spiro atoms. The van der Waals surface area contributed by atoms with E-state index in [0.29, 0.717) is 60.9 Å². The first-order valence-electron chi connectivity index (χ1n) is 18.9. The van der Waals surface area contributed by atoms with Crippen LogP contribution in [0.3, 0.4) is 0 Å². The van der Waals surface area contributed by atoms with Crippen molar-refractivity contribution >= 4 is 45.9 Å². The molecular weight excluding hydrogens is 713 g/mol. The van der Waals surface area contributed by atoms with Crippen molar-refractivity contribution in [2.75, 3.05) is 55.4 Å². The lowest BCUT2D eigenvalue weighted by atomic mass is 9.49. The zero-order valence-electron chi connectivity index (χ0n) is 30.9. The first-order chi connectivity index (χ1) is 26.3. The van der Waals surface area contributed by atoms with E-state index >= 15 is 0 Å². The third kappa shape index (κ3) is 7.33. The van der Waals surface area contributed by atoms with Gasteiger partial charge < -0.3 is 30.9 Å². The summed E-state index contributed by atoms with van der Waals surface area (Å²) in [5, 5.41) is 5.93. The Labute approximate surface area is 316 Å². The number of aryl methyl sites for hydroxylation is 1. The van der Waals surface area contributed by atoms with Gasteiger partial charge in [-0.25, -0.2) is 4.98 Å². The maximum absolute atomic E-state index is 14.0. The molecule has 0 unspecified atom stereocenters. The lowest BCUT2D eigenvalue weighted by Gasteiger charge is -2.57. The molecule has 9 rings (SSSR count). The lowest BCUT2D eigenvalue weighted by Crippen LogP contribution is -2.52. The molecule has 0 radical (unpaired) electrons. The summed E-state index contributed by atoms with van der Waals surface area (Å²) < 4.78 is 48.7. The summed E-state index contributed by atoms with van der Waals surface area (Å²) in [6.45, 7) is 3.95. The number of ether oxygens (including phenoxy) is 1. The van der Waals surface area contributed by atoms with Crippen LogP contribution in [-0.2, 0) is 15.8 Å². The van der Waals surface area contributed by atoms with Gasteiger partial charge in [-0.3, -0.25) is 19.0 Å². The molecule has 55 heavy (non-hydrogen) atoms. The Morgan fingerprint density at radius 1 is 0.964 bits per heavy atom. The average molecular weight is 759 g/mol. The van der Waals surface area contributed by atoms with E-state index in [-0.39, 0.29) is 28.4 Å². The van der Waals surface area contributed by atoms with Gasteiger partial charge in [0.15, 0.2) is 5.65 Å². The van der Waals surface area contributed by atoms with Crippen molar-refractivity contribution in [1.29, 1.82) is 0 Å². The van der Waals surface area contributed by atoms with Crippen LogP contribution in [0.4, 0.5) is 36.2 Å². The van der Waals surface area contributed by atoms with Gasteiger partial charge >= 0.3 is 6.18 Å². The molecule has 4 N–H and O–H groups in total. The Bertz CT molecular complexity index is 2180. The molecule has 5 fully saturated rings. The second-order valence-electron chi connectivity index (χ2n) is 15.9. The van der Waals surface area contributed by atoms with Crippen LogP contribution in [0.25, 0.3) is 16.7 Å². The summed E-state index contributed by atoms with van der Waals surface area (Å²) in [6.07, 6.45) is 5.17. The summed E-state index contributed by atoms with van der Waals surface area (Å²) in [5.74, 6) is 2.63. The van der Waals surface area contributed by atoms with E-state index < -0.39 is 29.8 Å². The predicted molar refractivity (Wildman–Crippen MR) is 203 cm³/mol. The number of halogens is 3. The van der Waals surface area contributed by atoms with Crippen LogP contribution in [0.15, 0.2) is 53.5 Å². The topological polar surface area (TPSA) is 148 Å². The van der Waals surface area contributed by atoms with Gasteiger partial charge in [0.25, 0.3) is 5.56 Å². The van der Waals surface area contributed by atoms with Gasteiger partial charge in [0.1, 0.15) is 5.75 Å². The van der Waals surface area contributed by atoms with Crippen LogP contribution in [0.2, 0.25) is 0 Å². The molecule has 4 bridgehead atoms. The van der Waals surface area contributed by atoms with Gasteiger partial charge in [-0.05, 0) is 105 Å². The van der Waals surface area contributed by atoms with Crippen LogP contribution >= 0.6 is 0 Å². The highest BCUT2D eigenvalue weighted by Crippen LogP contribution is 2.61. The molecule has 0 atom stereocenters. The van der Waals surface area contributed by atoms with E-state index in [9.17, 15) is 27.6 Å². The van der Waals surface area contributed by atoms with Crippen molar-refractivity contribution in [2.24, 2.45) is 28.9 Å². The molecular formula is C40H45F3N8O4. The predicted octanol–water partition coefficient (Wildman–Crippen LogP) is 6.01. The SMILES string of the molecule is COc1cc(N2CCN(C(=O)CC34CC5CC(CC(C5)C3)C4)CC2)ccc1Nc1ncc2c(C)cc(=O)n(-c3cc(NC(=O)CN)cc(C(F)(F)F)c3)c2n1. The molecule has 2 aromatic heterocycles. The Hall–Kier alpha value is -5.18. The minimum absolute atomic E-state index is 0.0594. The van der Waals surface area contributed by atoms with Crippen molar-refractivity contribution in [3.05, 3.63) is 70.1 Å². The molecule has 1 saturated heterocycles. The summed E-state index contributed by atoms with van der Waals surface area (Å²) in [6, 6.07) is 9.82. The monoisotopic (exact) mass is 758 g/mol. The minimum Gasteiger partial charge on any atom is -0.494 e. The van der Waals surface area contributed by atoms with Gasteiger partial charge in [-0.15, -0.1) is 0 Å². The van der Waals surface area contributed by atoms with Crippen molar-refractivity contribution in [2.45, 2.75) is 58.0 Å². The van der Waals surface area contributed by atoms with E-state index in [4.69, 9.17) is 10.5 Å². The number of piperazine rings is 1. The molecule has 290 valence electrons. The fraction of sp³-hybridized carbons (Fsp3) is 0.475. The number of nitrogens with one attached hydrogen (secondary N) is 2. The number of hydrogen-bond donors (Lipinski definition) is 3. The number of methoxy groups -OCH3 is 1. The number of aromatic nitrogens is 3. The van der Waals surface area contributed by atoms with Gasteiger partial charge in [-0.1, -0.05) is 0 Å². The van der Waals surface area contributed by atoms with Crippen molar-refractivity contribution < 1.29 is 27.5 Å². The van der Waals surface area contributed by atoms with Crippen LogP contribution in [0.5, 0.6) is 5.75 Å². The summed E-state index contributed by atoms with van der Waals surface area (Å²) in [7, 11) is 1.54. The molecule has 3 heterocycles. The standard InChI is InChI=1S/C40H45F3N8O4/c1-23-9-35(53)51(30-14-27(40(41,42)43)13-28(15-30)46-34(52)21-44)37-31(23)22-45-38(48-37)47-32-4-3-29(16-33(32)55-2)49-5-7-50(8-6-49)36(54)20-39-17-24-10-25(18-39)12-26(11-24)19-39/h3-4,9,13-16,22,24-26H,5-8,10-12,17-21,44H2,1-2H3,(H,46,52)(H,45,47,48). The molecule has 4 saturated carbocycles. The second kappa shape index (κ2) is 14.2. The number of carbonyl (C=O) groups is 2. The second-order valence-corrected chi connectivity index (χ2v) is 15.9. The lowest BCUT2D eigenvalue weighted by molar-refractivity contribution is -0.140. The number of nitrogens with zero attached hydrogens (tertiary/aromatic N) is 5. The first kappa shape index (κ1) is 36.8. The number of pyridine rings is 1. The Balaban J connectivity index is 1.01. The number of alkyl halides is 3. The van der Waals surface area contributed by atoms with Crippen molar-refractivity contribution in [3.8, 4) is 11.4 Å². The van der Waals surface area contributed by atoms with Crippen LogP contribution < -0.4 is 31.6 Å². The number of amides is 2. The zero-order valence-corrected chi connectivity index (χ0v) is 30.9. The summed E-state index contributed by atoms with van der Waals surface area (Å²) >= 11 is 0. The Morgan fingerprint density at radius 2 is 1.65 bits per heavy atom. The van der Waals surface area contributed by atoms with Gasteiger partial charge in [0.05, 0.1) is 30.6 Å². The maximum Gasteiger partial charge on any atom is 0.416 e. The summed E-state index contributed by atoms with van der Waals surface area (Å²) in [4.78, 5) is 52.3. The molecule has 4 aromatic rings. The maximum atomic E-state index is 14.0. The number of rotatable bonds is 9. The van der Waals surface area contributed by atoms with Crippen LogP contribution in [0.1, 0.15) is 56.1 Å². The average Bonchev–Trinajstić information content (AvgIpc) is 3.13. The number of anilines is 4. The number of fused-ring (bicyclic) bond motifs is 1. The molecule has 2 amide bonds. The molecule has 4 aliphatic carbocycles. The van der Waals surface area contributed by atoms with Crippen LogP contribution in [-0.4, -0.2) is 71.1 Å². The zero-order chi connectivity index (χ0) is 38.6. The van der Waals surface area contributed by atoms with E-state index in [2.05, 4.69) is 25.5 Å². The number of benzene rings is 2. The molecule has 15 heteroatoms. The fourth-order valence-electron chi connectivity index (χ4n) is 10.0. The third-order valence-corrected chi connectivity index (χ3v) is 12.1. The highest BCUT2D eigenvalue weighted by Gasteiger charge is 2.51. The normalized spacial score (nSPS) is 23.3. The van der Waals surface area contributed by atoms with Gasteiger partial charge in [0, 0.05) is 67.7 Å². The van der Waals surface area contributed by atoms with Gasteiger partial charge in [-0.2, -0.15) is 18.2 Å². The third-order valence-electron chi connectivity index (χ3n) is 12.1. The summed E-state index contributed by atoms with van der Waals surface area (Å²) in [5.41, 5.74) is 5.62.